The Labute approximate surface area is 102 Å². The Balaban J connectivity index is 2.82. The van der Waals surface area contributed by atoms with Crippen molar-refractivity contribution >= 4 is 21.9 Å². The summed E-state index contributed by atoms with van der Waals surface area (Å²) in [5.74, 6) is -0.491. The first kappa shape index (κ1) is 13.6. The molecule has 17 heavy (non-hydrogen) atoms. The number of carbonyl (C=O) groups is 1. The van der Waals surface area contributed by atoms with Crippen LogP contribution in [0, 0.1) is 0 Å². The number of rotatable bonds is 3. The third-order valence-corrected chi connectivity index (χ3v) is 4.03. The zero-order valence-electron chi connectivity index (χ0n) is 10.2. The lowest BCUT2D eigenvalue weighted by Crippen LogP contribution is -2.21. The normalized spacial score (nSPS) is 14.8. The summed E-state index contributed by atoms with van der Waals surface area (Å²) >= 11 is 0. The van der Waals surface area contributed by atoms with Crippen LogP contribution >= 0.6 is 0 Å². The largest absolute Gasteiger partial charge is 0.278 e. The minimum atomic E-state index is -2.59. The van der Waals surface area contributed by atoms with Crippen LogP contribution in [0.25, 0.3) is 6.08 Å². The highest BCUT2D eigenvalue weighted by Crippen LogP contribution is 2.02. The first-order chi connectivity index (χ1) is 7.92. The predicted octanol–water partition coefficient (Wildman–Crippen LogP) is 1.80. The number of carbonyl (C=O) groups excluding carboxylic acids is 1. The third kappa shape index (κ3) is 4.50. The van der Waals surface area contributed by atoms with Crippen molar-refractivity contribution in [1.82, 2.24) is 4.31 Å². The van der Waals surface area contributed by atoms with E-state index in [9.17, 15) is 9.00 Å². The van der Waals surface area contributed by atoms with Crippen molar-refractivity contribution in [2.45, 2.75) is 0 Å². The highest BCUT2D eigenvalue weighted by molar-refractivity contribution is 7.90. The summed E-state index contributed by atoms with van der Waals surface area (Å²) in [4.78, 5) is 11.5. The first-order valence-corrected chi connectivity index (χ1v) is 6.96. The van der Waals surface area contributed by atoms with Gasteiger partial charge in [-0.15, -0.1) is 4.36 Å². The van der Waals surface area contributed by atoms with Crippen LogP contribution in [0.2, 0.25) is 0 Å². The molecule has 5 heteroatoms. The third-order valence-electron chi connectivity index (χ3n) is 2.15. The number of amides is 1. The van der Waals surface area contributed by atoms with Gasteiger partial charge in [0.2, 0.25) is 0 Å². The van der Waals surface area contributed by atoms with Gasteiger partial charge < -0.3 is 0 Å². The van der Waals surface area contributed by atoms with E-state index in [0.717, 1.165) is 5.56 Å². The molecule has 92 valence electrons. The van der Waals surface area contributed by atoms with Crippen LogP contribution < -0.4 is 0 Å². The summed E-state index contributed by atoms with van der Waals surface area (Å²) in [6.45, 7) is 0. The SMILES string of the molecule is CN(C)S(C)(=O)=NC(=O)/C=C/c1ccccc1. The van der Waals surface area contributed by atoms with Crippen LogP contribution in [0.15, 0.2) is 40.8 Å². The topological polar surface area (TPSA) is 49.7 Å². The molecular formula is C12H16N2O2S. The molecular weight excluding hydrogens is 236 g/mol. The maximum atomic E-state index is 11.8. The molecule has 0 saturated carbocycles. The summed E-state index contributed by atoms with van der Waals surface area (Å²) in [5, 5.41) is 0. The smallest absolute Gasteiger partial charge is 0.267 e. The second-order valence-corrected chi connectivity index (χ2v) is 6.19. The summed E-state index contributed by atoms with van der Waals surface area (Å²) in [6.07, 6.45) is 4.40. The molecule has 1 aromatic rings. The summed E-state index contributed by atoms with van der Waals surface area (Å²) in [6, 6.07) is 9.40. The number of benzene rings is 1. The van der Waals surface area contributed by atoms with Gasteiger partial charge in [-0.2, -0.15) is 0 Å². The van der Waals surface area contributed by atoms with E-state index in [0.29, 0.717) is 0 Å². The fourth-order valence-electron chi connectivity index (χ4n) is 1.01. The number of nitrogens with zero attached hydrogens (tertiary/aromatic N) is 2. The van der Waals surface area contributed by atoms with E-state index in [1.54, 1.807) is 20.2 Å². The second kappa shape index (κ2) is 5.75. The van der Waals surface area contributed by atoms with Gasteiger partial charge in [-0.25, -0.2) is 8.51 Å². The fraction of sp³-hybridized carbons (Fsp3) is 0.250. The van der Waals surface area contributed by atoms with Gasteiger partial charge >= 0.3 is 0 Å². The van der Waals surface area contributed by atoms with Crippen LogP contribution in [0.5, 0.6) is 0 Å². The lowest BCUT2D eigenvalue weighted by atomic mass is 10.2. The standard InChI is InChI=1S/C12H16N2O2S/c1-14(2)17(3,16)13-12(15)10-9-11-7-5-4-6-8-11/h4-10H,1-3H3/b10-9+. The van der Waals surface area contributed by atoms with E-state index in [2.05, 4.69) is 4.36 Å². The van der Waals surface area contributed by atoms with Crippen LogP contribution in [0.1, 0.15) is 5.56 Å². The number of hydrogen-bond donors (Lipinski definition) is 0. The molecule has 0 radical (unpaired) electrons. The van der Waals surface area contributed by atoms with Crippen LogP contribution in [-0.4, -0.2) is 34.8 Å². The van der Waals surface area contributed by atoms with Crippen molar-refractivity contribution < 1.29 is 9.00 Å². The molecule has 0 bridgehead atoms. The van der Waals surface area contributed by atoms with Crippen molar-refractivity contribution in [2.75, 3.05) is 20.4 Å². The van der Waals surface area contributed by atoms with Crippen molar-refractivity contribution in [3.8, 4) is 0 Å². The minimum absolute atomic E-state index is 0.491. The van der Waals surface area contributed by atoms with Gasteiger partial charge in [-0.3, -0.25) is 4.79 Å². The van der Waals surface area contributed by atoms with Crippen molar-refractivity contribution in [2.24, 2.45) is 4.36 Å². The van der Waals surface area contributed by atoms with Gasteiger partial charge in [0.25, 0.3) is 5.91 Å². The quantitative estimate of drug-likeness (QED) is 0.770. The van der Waals surface area contributed by atoms with Gasteiger partial charge in [0.15, 0.2) is 0 Å². The Bertz CT molecular complexity index is 527. The monoisotopic (exact) mass is 252 g/mol. The molecule has 0 saturated heterocycles. The average Bonchev–Trinajstić information content (AvgIpc) is 2.27. The van der Waals surface area contributed by atoms with E-state index in [-0.39, 0.29) is 0 Å². The molecule has 0 N–H and O–H groups in total. The average molecular weight is 252 g/mol. The molecule has 0 heterocycles. The Morgan fingerprint density at radius 2 is 1.88 bits per heavy atom. The van der Waals surface area contributed by atoms with Crippen molar-refractivity contribution in [3.63, 3.8) is 0 Å². The Kier molecular flexibility index (Phi) is 4.60. The van der Waals surface area contributed by atoms with E-state index in [4.69, 9.17) is 0 Å². The van der Waals surface area contributed by atoms with Crippen molar-refractivity contribution in [1.29, 1.82) is 0 Å². The van der Waals surface area contributed by atoms with Gasteiger partial charge in [-0.05, 0) is 11.6 Å². The molecule has 0 spiro atoms. The molecule has 0 aliphatic rings. The lowest BCUT2D eigenvalue weighted by Gasteiger charge is -2.10. The summed E-state index contributed by atoms with van der Waals surface area (Å²) < 4.78 is 16.9. The molecule has 0 aromatic heterocycles. The van der Waals surface area contributed by atoms with Gasteiger partial charge in [-0.1, -0.05) is 30.3 Å². The molecule has 4 nitrogen and oxygen atoms in total. The summed E-state index contributed by atoms with van der Waals surface area (Å²) in [5.41, 5.74) is 0.906. The highest BCUT2D eigenvalue weighted by Gasteiger charge is 2.05. The number of hydrogen-bond acceptors (Lipinski definition) is 2. The lowest BCUT2D eigenvalue weighted by molar-refractivity contribution is -0.113. The van der Waals surface area contributed by atoms with Crippen molar-refractivity contribution in [3.05, 3.63) is 42.0 Å². The molecule has 0 fully saturated rings. The second-order valence-electron chi connectivity index (χ2n) is 3.75. The molecule has 1 unspecified atom stereocenters. The maximum absolute atomic E-state index is 11.8. The van der Waals surface area contributed by atoms with E-state index < -0.39 is 15.8 Å². The van der Waals surface area contributed by atoms with E-state index in [1.807, 2.05) is 30.3 Å². The first-order valence-electron chi connectivity index (χ1n) is 5.08. The molecule has 1 atom stereocenters. The Morgan fingerprint density at radius 3 is 2.41 bits per heavy atom. The zero-order chi connectivity index (χ0) is 12.9. The maximum Gasteiger partial charge on any atom is 0.278 e. The fourth-order valence-corrected chi connectivity index (χ4v) is 1.57. The molecule has 0 aliphatic carbocycles. The van der Waals surface area contributed by atoms with E-state index in [1.165, 1.54) is 16.6 Å². The molecule has 1 aromatic carbocycles. The Hall–Kier alpha value is -1.46. The Morgan fingerprint density at radius 1 is 1.29 bits per heavy atom. The van der Waals surface area contributed by atoms with Crippen LogP contribution in [-0.2, 0) is 14.7 Å². The van der Waals surface area contributed by atoms with Crippen LogP contribution in [0.3, 0.4) is 0 Å². The molecule has 1 amide bonds. The van der Waals surface area contributed by atoms with Gasteiger partial charge in [0, 0.05) is 26.4 Å². The zero-order valence-corrected chi connectivity index (χ0v) is 11.0. The summed E-state index contributed by atoms with van der Waals surface area (Å²) in [7, 11) is 0.656. The minimum Gasteiger partial charge on any atom is -0.267 e. The molecule has 1 rings (SSSR count). The van der Waals surface area contributed by atoms with Crippen LogP contribution in [0.4, 0.5) is 0 Å². The highest BCUT2D eigenvalue weighted by atomic mass is 32.2. The molecule has 0 aliphatic heterocycles. The predicted molar refractivity (Wildman–Crippen MR) is 70.7 cm³/mol. The van der Waals surface area contributed by atoms with Gasteiger partial charge in [0.05, 0.1) is 0 Å². The van der Waals surface area contributed by atoms with E-state index >= 15 is 0 Å². The van der Waals surface area contributed by atoms with Gasteiger partial charge in [0.1, 0.15) is 9.92 Å².